The quantitative estimate of drug-likeness (QED) is 0.163. The molecule has 2 nitrogen and oxygen atoms in total. The molecule has 3 heterocycles. The van der Waals surface area contributed by atoms with Crippen LogP contribution in [0.25, 0.3) is 21.2 Å². The lowest BCUT2D eigenvalue weighted by molar-refractivity contribution is 0.188. The van der Waals surface area contributed by atoms with Crippen molar-refractivity contribution in [3.05, 3.63) is 147 Å². The van der Waals surface area contributed by atoms with Crippen LogP contribution < -0.4 is 26.2 Å². The highest BCUT2D eigenvalue weighted by Gasteiger charge is 2.52. The van der Waals surface area contributed by atoms with E-state index < -0.39 is 0 Å². The normalized spacial score (nSPS) is 24.5. The first-order chi connectivity index (χ1) is 35.9. The van der Waals surface area contributed by atoms with Gasteiger partial charge in [0.25, 0.3) is 6.71 Å². The molecule has 0 N–H and O–H groups in total. The van der Waals surface area contributed by atoms with Crippen LogP contribution in [0.15, 0.2) is 96.9 Å². The minimum Gasteiger partial charge on any atom is -0.311 e. The molecule has 0 spiro atoms. The molecule has 0 amide bonds. The molecule has 1 aromatic heterocycles. The smallest absolute Gasteiger partial charge is 0.254 e. The van der Waals surface area contributed by atoms with Gasteiger partial charge in [0.2, 0.25) is 0 Å². The van der Waals surface area contributed by atoms with Gasteiger partial charge in [-0.05, 0) is 229 Å². The van der Waals surface area contributed by atoms with Gasteiger partial charge in [-0.15, -0.1) is 11.3 Å². The number of fused-ring (bicyclic) bond motifs is 10. The zero-order valence-electron chi connectivity index (χ0n) is 50.9. The van der Waals surface area contributed by atoms with Crippen molar-refractivity contribution in [3.8, 4) is 11.1 Å². The number of benzene rings is 6. The average molecular weight is 970 g/mol. The van der Waals surface area contributed by atoms with E-state index in [9.17, 15) is 2.74 Å². The molecule has 0 radical (unpaired) electrons. The van der Waals surface area contributed by atoms with E-state index >= 15 is 0 Å². The second kappa shape index (κ2) is 14.8. The summed E-state index contributed by atoms with van der Waals surface area (Å²) in [5.74, 6) is 0. The number of nitrogens with zero attached hydrogens (tertiary/aromatic N) is 2. The number of anilines is 6. The van der Waals surface area contributed by atoms with E-state index in [1.165, 1.54) is 113 Å². The van der Waals surface area contributed by atoms with Crippen molar-refractivity contribution in [2.75, 3.05) is 9.80 Å². The predicted octanol–water partition coefficient (Wildman–Crippen LogP) is 17.4. The molecule has 6 aromatic carbocycles. The fourth-order valence-electron chi connectivity index (χ4n) is 15.0. The van der Waals surface area contributed by atoms with Gasteiger partial charge in [0, 0.05) is 27.4 Å². The lowest BCUT2D eigenvalue weighted by atomic mass is 9.33. The Labute approximate surface area is 443 Å². The molecular weight excluding hydrogens is 888 g/mol. The summed E-state index contributed by atoms with van der Waals surface area (Å²) >= 11 is 1.93. The Morgan fingerprint density at radius 2 is 1.04 bits per heavy atom. The van der Waals surface area contributed by atoms with E-state index in [4.69, 9.17) is 4.11 Å². The van der Waals surface area contributed by atoms with Crippen molar-refractivity contribution in [1.82, 2.24) is 0 Å². The Kier molecular flexibility index (Phi) is 8.51. The lowest BCUT2D eigenvalue weighted by Crippen LogP contribution is -2.61. The van der Waals surface area contributed by atoms with E-state index in [1.54, 1.807) is 0 Å². The Morgan fingerprint density at radius 3 is 1.62 bits per heavy atom. The molecule has 72 heavy (non-hydrogen) atoms. The Morgan fingerprint density at radius 1 is 0.514 bits per heavy atom. The Balaban J connectivity index is 1.23. The third-order valence-electron chi connectivity index (χ3n) is 20.0. The number of hydrogen-bond donors (Lipinski definition) is 0. The zero-order valence-corrected chi connectivity index (χ0v) is 46.7. The highest BCUT2D eigenvalue weighted by molar-refractivity contribution is 7.26. The Bertz CT molecular complexity index is 3730. The van der Waals surface area contributed by atoms with Gasteiger partial charge in [0.05, 0.1) is 17.5 Å². The molecule has 7 aromatic rings. The first kappa shape index (κ1) is 41.3. The summed E-state index contributed by atoms with van der Waals surface area (Å²) < 4.78 is 47.4. The molecule has 0 atom stereocenters. The molecule has 7 aliphatic rings. The van der Waals surface area contributed by atoms with Gasteiger partial charge in [0.15, 0.2) is 0 Å². The first-order valence-corrected chi connectivity index (χ1v) is 28.1. The SMILES string of the molecule is [2H]c1c([2H])c([2H])c(-c2cc3c4c(c2)N(c2c(C)cc(C(C)(C)C)cc2C)c2cc5c(cc2B4c2c(sc4cc6c(cc24)C2(C)CCC6(C)CC2)N3c2ccc3c(c2)C(C)(C)CCC3(C)C)C(C)(C)CCC5(C)C)c([2H])c1[2H]. The minimum atomic E-state index is -0.380. The number of hydrogen-bond acceptors (Lipinski definition) is 3. The van der Waals surface area contributed by atoms with Crippen molar-refractivity contribution in [1.29, 1.82) is 0 Å². The highest BCUT2D eigenvalue weighted by atomic mass is 32.1. The van der Waals surface area contributed by atoms with Crippen LogP contribution >= 0.6 is 11.3 Å². The molecule has 1 fully saturated rings. The summed E-state index contributed by atoms with van der Waals surface area (Å²) in [6.45, 7) is 35.7. The molecule has 4 heteroatoms. The van der Waals surface area contributed by atoms with Crippen LogP contribution in [0.5, 0.6) is 0 Å². The van der Waals surface area contributed by atoms with Gasteiger partial charge in [-0.3, -0.25) is 0 Å². The number of rotatable bonds is 3. The third-order valence-corrected chi connectivity index (χ3v) is 21.2. The van der Waals surface area contributed by atoms with E-state index in [0.29, 0.717) is 5.56 Å². The molecule has 2 bridgehead atoms. The van der Waals surface area contributed by atoms with Crippen LogP contribution in [0.2, 0.25) is 0 Å². The van der Waals surface area contributed by atoms with E-state index in [0.717, 1.165) is 48.4 Å². The van der Waals surface area contributed by atoms with Gasteiger partial charge in [-0.1, -0.05) is 144 Å². The first-order valence-electron chi connectivity index (χ1n) is 29.8. The molecule has 368 valence electrons. The van der Waals surface area contributed by atoms with Crippen LogP contribution in [0.1, 0.15) is 198 Å². The summed E-state index contributed by atoms with van der Waals surface area (Å²) in [5, 5.41) is 2.55. The zero-order chi connectivity index (χ0) is 55.0. The van der Waals surface area contributed by atoms with Crippen LogP contribution in [0.3, 0.4) is 0 Å². The third kappa shape index (κ3) is 6.51. The number of aryl methyl sites for hydroxylation is 2. The predicted molar refractivity (Wildman–Crippen MR) is 313 cm³/mol. The van der Waals surface area contributed by atoms with Crippen molar-refractivity contribution in [2.45, 2.75) is 193 Å². The van der Waals surface area contributed by atoms with Crippen LogP contribution in [-0.2, 0) is 37.9 Å². The molecule has 1 saturated carbocycles. The highest BCUT2D eigenvalue weighted by Crippen LogP contribution is 2.59. The molecular formula is C68H77BN2S. The maximum Gasteiger partial charge on any atom is 0.254 e. The van der Waals surface area contributed by atoms with Gasteiger partial charge in [-0.2, -0.15) is 0 Å². The topological polar surface area (TPSA) is 6.48 Å². The molecule has 0 saturated heterocycles. The minimum absolute atomic E-state index is 0.0216. The van der Waals surface area contributed by atoms with Crippen LogP contribution in [-0.4, -0.2) is 6.71 Å². The molecule has 14 rings (SSSR count). The Hall–Kier alpha value is -5.06. The number of thiophene rings is 1. The van der Waals surface area contributed by atoms with Crippen molar-refractivity contribution in [3.63, 3.8) is 0 Å². The summed E-state index contributed by atoms with van der Waals surface area (Å²) in [6.07, 6.45) is 9.24. The van der Waals surface area contributed by atoms with Gasteiger partial charge >= 0.3 is 0 Å². The fraction of sp³-hybridized carbons (Fsp3) is 0.441. The standard InChI is InChI=1S/C68H77BN2S/c1-40-31-44(62(3,4)5)32-41(2)60(40)71-54-38-50-49(65(10,11)25-26-66(50,12)13)37-53(54)69-58-46-36-51-52(68(15)29-27-67(51,14)28-30-68)39-57(46)72-61(58)70(45-21-22-47-48(35-45)64(8,9)24-23-63(47,6)7)55-33-43(34-56(71)59(55)69)42-19-17-16-18-20-42/h16-22,31-39H,23-30H2,1-15H3/i16D,17D,18D,19D,20D. The average Bonchev–Trinajstić information content (AvgIpc) is 3.94. The molecule has 5 aliphatic carbocycles. The fourth-order valence-corrected chi connectivity index (χ4v) is 16.3. The lowest BCUT2D eigenvalue weighted by Gasteiger charge is -2.52. The maximum atomic E-state index is 9.60. The molecule has 0 unspecified atom stereocenters. The van der Waals surface area contributed by atoms with E-state index in [2.05, 4.69) is 180 Å². The largest absolute Gasteiger partial charge is 0.311 e. The van der Waals surface area contributed by atoms with Crippen LogP contribution in [0.4, 0.5) is 33.4 Å². The van der Waals surface area contributed by atoms with Gasteiger partial charge in [0.1, 0.15) is 0 Å². The van der Waals surface area contributed by atoms with Crippen molar-refractivity contribution in [2.24, 2.45) is 0 Å². The second-order valence-corrected chi connectivity index (χ2v) is 28.8. The maximum absolute atomic E-state index is 9.60. The van der Waals surface area contributed by atoms with Crippen LogP contribution in [0, 0.1) is 13.8 Å². The molecule has 2 aliphatic heterocycles. The van der Waals surface area contributed by atoms with Gasteiger partial charge < -0.3 is 9.80 Å². The summed E-state index contributed by atoms with van der Waals surface area (Å²) in [7, 11) is 0. The monoisotopic (exact) mass is 970 g/mol. The second-order valence-electron chi connectivity index (χ2n) is 27.8. The van der Waals surface area contributed by atoms with Gasteiger partial charge in [-0.25, -0.2) is 0 Å². The van der Waals surface area contributed by atoms with E-state index in [1.807, 2.05) is 11.3 Å². The summed E-state index contributed by atoms with van der Waals surface area (Å²) in [6, 6.07) is 25.5. The van der Waals surface area contributed by atoms with Crippen molar-refractivity contribution < 1.29 is 6.85 Å². The van der Waals surface area contributed by atoms with Crippen molar-refractivity contribution >= 4 is 78.0 Å². The summed E-state index contributed by atoms with van der Waals surface area (Å²) in [4.78, 5) is 5.11. The summed E-state index contributed by atoms with van der Waals surface area (Å²) in [5.41, 5.74) is 22.4. The van der Waals surface area contributed by atoms with E-state index in [-0.39, 0.29) is 80.4 Å².